The quantitative estimate of drug-likeness (QED) is 0.671. The van der Waals surface area contributed by atoms with Crippen molar-refractivity contribution in [3.8, 4) is 0 Å². The highest BCUT2D eigenvalue weighted by Gasteiger charge is 2.33. The molecule has 1 atom stereocenters. The third-order valence-electron chi connectivity index (χ3n) is 2.69. The molecule has 0 saturated carbocycles. The van der Waals surface area contributed by atoms with E-state index >= 15 is 0 Å². The molecule has 1 aliphatic rings. The molecule has 1 aliphatic heterocycles. The van der Waals surface area contributed by atoms with E-state index in [1.165, 1.54) is 0 Å². The zero-order valence-corrected chi connectivity index (χ0v) is 9.19. The van der Waals surface area contributed by atoms with E-state index in [1.54, 1.807) is 0 Å². The number of hydrogen-bond donors (Lipinski definition) is 2. The van der Waals surface area contributed by atoms with E-state index in [9.17, 15) is 9.59 Å². The molecule has 2 N–H and O–H groups in total. The second-order valence-electron chi connectivity index (χ2n) is 4.11. The van der Waals surface area contributed by atoms with Gasteiger partial charge in [0.25, 0.3) is 0 Å². The van der Waals surface area contributed by atoms with Gasteiger partial charge in [-0.3, -0.25) is 14.5 Å². The van der Waals surface area contributed by atoms with Gasteiger partial charge in [-0.2, -0.15) is 0 Å². The Balaban J connectivity index is 2.16. The van der Waals surface area contributed by atoms with Crippen LogP contribution in [0.1, 0.15) is 20.3 Å². The summed E-state index contributed by atoms with van der Waals surface area (Å²) in [4.78, 5) is 23.7. The molecule has 5 nitrogen and oxygen atoms in total. The first-order chi connectivity index (χ1) is 7.02. The van der Waals surface area contributed by atoms with Gasteiger partial charge in [0.15, 0.2) is 0 Å². The highest BCUT2D eigenvalue weighted by atomic mass is 16.4. The van der Waals surface area contributed by atoms with Gasteiger partial charge in [-0.15, -0.1) is 0 Å². The molecule has 86 valence electrons. The third kappa shape index (κ3) is 3.51. The summed E-state index contributed by atoms with van der Waals surface area (Å²) in [6.45, 7) is 5.25. The first-order valence-electron chi connectivity index (χ1n) is 5.27. The van der Waals surface area contributed by atoms with Crippen molar-refractivity contribution >= 4 is 11.9 Å². The lowest BCUT2D eigenvalue weighted by atomic mass is 10.0. The lowest BCUT2D eigenvalue weighted by Crippen LogP contribution is -2.54. The van der Waals surface area contributed by atoms with Crippen LogP contribution >= 0.6 is 0 Å². The molecule has 5 heteroatoms. The van der Waals surface area contributed by atoms with Gasteiger partial charge in [-0.25, -0.2) is 0 Å². The summed E-state index contributed by atoms with van der Waals surface area (Å²) in [5, 5.41) is 11.5. The molecular weight excluding hydrogens is 196 g/mol. The molecule has 1 saturated heterocycles. The second kappa shape index (κ2) is 5.11. The van der Waals surface area contributed by atoms with Crippen LogP contribution in [0, 0.1) is 5.92 Å². The molecule has 0 aromatic rings. The Hall–Kier alpha value is -1.10. The summed E-state index contributed by atoms with van der Waals surface area (Å²) in [6, 6.07) is 0.189. The summed E-state index contributed by atoms with van der Waals surface area (Å²) >= 11 is 0. The molecule has 0 spiro atoms. The normalized spacial score (nSPS) is 19.3. The number of likely N-dealkylation sites (tertiary alicyclic amines) is 1. The van der Waals surface area contributed by atoms with Gasteiger partial charge in [0.2, 0.25) is 5.91 Å². The minimum atomic E-state index is -0.770. The molecule has 0 radical (unpaired) electrons. The minimum absolute atomic E-state index is 0.0202. The third-order valence-corrected chi connectivity index (χ3v) is 2.69. The Kier molecular flexibility index (Phi) is 4.08. The molecule has 0 bridgehead atoms. The van der Waals surface area contributed by atoms with Gasteiger partial charge in [-0.05, 0) is 13.3 Å². The average molecular weight is 214 g/mol. The monoisotopic (exact) mass is 214 g/mol. The number of hydrogen-bond acceptors (Lipinski definition) is 3. The average Bonchev–Trinajstić information content (AvgIpc) is 2.09. The smallest absolute Gasteiger partial charge is 0.309 e. The predicted octanol–water partition coefficient (Wildman–Crippen LogP) is -0.0825. The van der Waals surface area contributed by atoms with Crippen LogP contribution < -0.4 is 5.32 Å². The van der Waals surface area contributed by atoms with Gasteiger partial charge >= 0.3 is 5.97 Å². The van der Waals surface area contributed by atoms with Gasteiger partial charge in [0.05, 0.1) is 12.5 Å². The molecule has 0 aliphatic carbocycles. The Morgan fingerprint density at radius 2 is 2.13 bits per heavy atom. The molecule has 0 aromatic carbocycles. The maximum atomic E-state index is 11.4. The van der Waals surface area contributed by atoms with E-state index < -0.39 is 5.97 Å². The van der Waals surface area contributed by atoms with Crippen LogP contribution in [0.25, 0.3) is 0 Å². The summed E-state index contributed by atoms with van der Waals surface area (Å²) < 4.78 is 0. The number of nitrogens with one attached hydrogen (secondary N) is 1. The van der Waals surface area contributed by atoms with Crippen molar-refractivity contribution in [3.63, 3.8) is 0 Å². The van der Waals surface area contributed by atoms with Crippen LogP contribution in [-0.4, -0.2) is 47.6 Å². The van der Waals surface area contributed by atoms with Crippen molar-refractivity contribution in [2.24, 2.45) is 5.92 Å². The highest BCUT2D eigenvalue weighted by molar-refractivity contribution is 5.79. The maximum absolute atomic E-state index is 11.4. The fraction of sp³-hybridized carbons (Fsp3) is 0.800. The van der Waals surface area contributed by atoms with Crippen molar-refractivity contribution in [1.29, 1.82) is 0 Å². The van der Waals surface area contributed by atoms with Crippen molar-refractivity contribution in [2.45, 2.75) is 26.3 Å². The Labute approximate surface area is 89.4 Å². The minimum Gasteiger partial charge on any atom is -0.481 e. The van der Waals surface area contributed by atoms with E-state index in [0.717, 1.165) is 6.42 Å². The summed E-state index contributed by atoms with van der Waals surface area (Å²) in [7, 11) is 0. The largest absolute Gasteiger partial charge is 0.481 e. The van der Waals surface area contributed by atoms with E-state index in [1.807, 2.05) is 18.7 Å². The van der Waals surface area contributed by atoms with Crippen LogP contribution in [0.5, 0.6) is 0 Å². The lowest BCUT2D eigenvalue weighted by Gasteiger charge is -2.36. The van der Waals surface area contributed by atoms with Crippen molar-refractivity contribution < 1.29 is 14.7 Å². The Morgan fingerprint density at radius 3 is 2.60 bits per heavy atom. The van der Waals surface area contributed by atoms with Crippen molar-refractivity contribution in [2.75, 3.05) is 19.6 Å². The Morgan fingerprint density at radius 1 is 1.53 bits per heavy atom. The van der Waals surface area contributed by atoms with E-state index in [2.05, 4.69) is 5.32 Å². The zero-order valence-electron chi connectivity index (χ0n) is 9.19. The predicted molar refractivity (Wildman–Crippen MR) is 55.5 cm³/mol. The number of carbonyl (C=O) groups is 2. The number of carboxylic acids is 1. The second-order valence-corrected chi connectivity index (χ2v) is 4.11. The number of carboxylic acid groups (broad SMARTS) is 1. The van der Waals surface area contributed by atoms with Crippen LogP contribution in [0.2, 0.25) is 0 Å². The van der Waals surface area contributed by atoms with E-state index in [0.29, 0.717) is 19.6 Å². The van der Waals surface area contributed by atoms with Gasteiger partial charge in [0, 0.05) is 19.1 Å². The van der Waals surface area contributed by atoms with Gasteiger partial charge < -0.3 is 10.4 Å². The first-order valence-corrected chi connectivity index (χ1v) is 5.27. The molecular formula is C10H18N2O3. The molecule has 0 unspecified atom stereocenters. The number of amides is 1. The van der Waals surface area contributed by atoms with Crippen LogP contribution in [0.3, 0.4) is 0 Å². The summed E-state index contributed by atoms with van der Waals surface area (Å²) in [5.41, 5.74) is 0. The summed E-state index contributed by atoms with van der Waals surface area (Å²) in [6.07, 6.45) is 0.906. The molecule has 15 heavy (non-hydrogen) atoms. The number of nitrogens with zero attached hydrogens (tertiary/aromatic N) is 1. The Bertz CT molecular complexity index is 249. The highest BCUT2D eigenvalue weighted by Crippen LogP contribution is 2.14. The van der Waals surface area contributed by atoms with Crippen molar-refractivity contribution in [1.82, 2.24) is 10.2 Å². The van der Waals surface area contributed by atoms with Gasteiger partial charge in [-0.1, -0.05) is 6.92 Å². The van der Waals surface area contributed by atoms with Crippen molar-refractivity contribution in [3.05, 3.63) is 0 Å². The standard InChI is InChI=1S/C10H18N2O3/c1-3-7(2)11-9(13)6-12-4-8(5-12)10(14)15/h7-8H,3-6H2,1-2H3,(H,11,13)(H,14,15)/t7-/m1/s1. The maximum Gasteiger partial charge on any atom is 0.309 e. The SMILES string of the molecule is CC[C@@H](C)NC(=O)CN1CC(C(=O)O)C1. The first kappa shape index (κ1) is 12.0. The molecule has 1 amide bonds. The molecule has 0 aromatic heterocycles. The zero-order chi connectivity index (χ0) is 11.4. The number of rotatable bonds is 5. The number of aliphatic carboxylic acids is 1. The molecule has 1 rings (SSSR count). The molecule has 1 fully saturated rings. The summed E-state index contributed by atoms with van der Waals surface area (Å²) in [5.74, 6) is -1.08. The van der Waals surface area contributed by atoms with E-state index in [4.69, 9.17) is 5.11 Å². The van der Waals surface area contributed by atoms with E-state index in [-0.39, 0.29) is 17.9 Å². The van der Waals surface area contributed by atoms with Crippen LogP contribution in [-0.2, 0) is 9.59 Å². The fourth-order valence-corrected chi connectivity index (χ4v) is 1.48. The number of carbonyl (C=O) groups excluding carboxylic acids is 1. The fourth-order valence-electron chi connectivity index (χ4n) is 1.48. The van der Waals surface area contributed by atoms with Crippen LogP contribution in [0.4, 0.5) is 0 Å². The van der Waals surface area contributed by atoms with Crippen LogP contribution in [0.15, 0.2) is 0 Å². The molecule has 1 heterocycles. The van der Waals surface area contributed by atoms with Gasteiger partial charge in [0.1, 0.15) is 0 Å². The topological polar surface area (TPSA) is 69.6 Å². The lowest BCUT2D eigenvalue weighted by molar-refractivity contribution is -0.148.